The van der Waals surface area contributed by atoms with Crippen molar-refractivity contribution in [3.05, 3.63) is 54.6 Å². The number of carbonyl (C=O) groups is 1. The molecule has 0 aliphatic rings. The monoisotopic (exact) mass is 300 g/mol. The fourth-order valence-electron chi connectivity index (χ4n) is 1.59. The van der Waals surface area contributed by atoms with E-state index in [4.69, 9.17) is 4.74 Å². The van der Waals surface area contributed by atoms with Crippen LogP contribution in [-0.4, -0.2) is 5.12 Å². The molecule has 0 N–H and O–H groups in total. The molecule has 21 heavy (non-hydrogen) atoms. The Balaban J connectivity index is 2.01. The first-order valence-electron chi connectivity index (χ1n) is 7.06. The van der Waals surface area contributed by atoms with Crippen molar-refractivity contribution in [2.24, 2.45) is 5.41 Å². The fourth-order valence-corrected chi connectivity index (χ4v) is 2.50. The second kappa shape index (κ2) is 6.81. The molecule has 0 fully saturated rings. The SMILES string of the molecule is CCC(C)(C)C(=O)Sc1ccc(Oc2ccccc2)cc1. The van der Waals surface area contributed by atoms with E-state index in [1.165, 1.54) is 11.8 Å². The molecule has 0 atom stereocenters. The first-order valence-corrected chi connectivity index (χ1v) is 7.88. The summed E-state index contributed by atoms with van der Waals surface area (Å²) in [5, 5.41) is 0.196. The molecule has 0 bridgehead atoms. The van der Waals surface area contributed by atoms with Crippen LogP contribution < -0.4 is 4.74 Å². The Morgan fingerprint density at radius 1 is 1.00 bits per heavy atom. The molecule has 2 aromatic rings. The van der Waals surface area contributed by atoms with Gasteiger partial charge < -0.3 is 4.74 Å². The first-order chi connectivity index (χ1) is 10.0. The summed E-state index contributed by atoms with van der Waals surface area (Å²) in [7, 11) is 0. The van der Waals surface area contributed by atoms with Gasteiger partial charge in [-0.25, -0.2) is 0 Å². The average Bonchev–Trinajstić information content (AvgIpc) is 2.50. The molecule has 0 radical (unpaired) electrons. The van der Waals surface area contributed by atoms with Crippen molar-refractivity contribution >= 4 is 16.9 Å². The normalized spacial score (nSPS) is 11.2. The number of thioether (sulfide) groups is 1. The molecule has 0 saturated heterocycles. The standard InChI is InChI=1S/C18H20O2S/c1-4-18(2,3)17(19)21-16-12-10-15(11-13-16)20-14-8-6-5-7-9-14/h5-13H,4H2,1-3H3. The summed E-state index contributed by atoms with van der Waals surface area (Å²) < 4.78 is 5.73. The molecular weight excluding hydrogens is 280 g/mol. The van der Waals surface area contributed by atoms with Gasteiger partial charge in [0.25, 0.3) is 0 Å². The predicted molar refractivity (Wildman–Crippen MR) is 87.9 cm³/mol. The van der Waals surface area contributed by atoms with Gasteiger partial charge in [0.05, 0.1) is 0 Å². The van der Waals surface area contributed by atoms with E-state index in [1.54, 1.807) is 0 Å². The minimum Gasteiger partial charge on any atom is -0.457 e. The summed E-state index contributed by atoms with van der Waals surface area (Å²) in [6.07, 6.45) is 0.841. The first kappa shape index (κ1) is 15.6. The van der Waals surface area contributed by atoms with Crippen LogP contribution in [0, 0.1) is 5.41 Å². The van der Waals surface area contributed by atoms with Crippen LogP contribution in [0.5, 0.6) is 11.5 Å². The minimum atomic E-state index is -0.288. The number of para-hydroxylation sites is 1. The largest absolute Gasteiger partial charge is 0.457 e. The van der Waals surface area contributed by atoms with Gasteiger partial charge in [-0.2, -0.15) is 0 Å². The van der Waals surface area contributed by atoms with Crippen LogP contribution in [0.3, 0.4) is 0 Å². The third kappa shape index (κ3) is 4.36. The smallest absolute Gasteiger partial charge is 0.199 e. The van der Waals surface area contributed by atoms with Gasteiger partial charge in [-0.05, 0) is 42.8 Å². The maximum atomic E-state index is 12.2. The molecule has 2 aromatic carbocycles. The van der Waals surface area contributed by atoms with E-state index < -0.39 is 0 Å². The average molecular weight is 300 g/mol. The summed E-state index contributed by atoms with van der Waals surface area (Å²) in [6, 6.07) is 17.3. The third-order valence-corrected chi connectivity index (χ3v) is 4.70. The lowest BCUT2D eigenvalue weighted by molar-refractivity contribution is -0.118. The van der Waals surface area contributed by atoms with E-state index in [0.717, 1.165) is 22.8 Å². The molecular formula is C18H20O2S. The molecule has 0 aliphatic carbocycles. The van der Waals surface area contributed by atoms with Gasteiger partial charge in [-0.15, -0.1) is 0 Å². The van der Waals surface area contributed by atoms with Gasteiger partial charge in [0, 0.05) is 10.3 Å². The lowest BCUT2D eigenvalue weighted by atomic mass is 9.92. The Labute approximate surface area is 130 Å². The van der Waals surface area contributed by atoms with Crippen LogP contribution in [0.2, 0.25) is 0 Å². The summed E-state index contributed by atoms with van der Waals surface area (Å²) in [5.41, 5.74) is -0.288. The molecule has 110 valence electrons. The Kier molecular flexibility index (Phi) is 5.07. The van der Waals surface area contributed by atoms with Crippen molar-refractivity contribution in [3.63, 3.8) is 0 Å². The molecule has 0 aliphatic heterocycles. The van der Waals surface area contributed by atoms with E-state index in [9.17, 15) is 4.79 Å². The Hall–Kier alpha value is -1.74. The highest BCUT2D eigenvalue weighted by molar-refractivity contribution is 8.13. The van der Waals surface area contributed by atoms with Crippen LogP contribution in [-0.2, 0) is 4.79 Å². The number of ether oxygens (including phenoxy) is 1. The molecule has 0 aromatic heterocycles. The van der Waals surface area contributed by atoms with E-state index in [1.807, 2.05) is 75.4 Å². The Bertz CT molecular complexity index is 588. The van der Waals surface area contributed by atoms with Crippen LogP contribution >= 0.6 is 11.8 Å². The molecule has 0 saturated carbocycles. The number of benzene rings is 2. The number of hydrogen-bond acceptors (Lipinski definition) is 3. The number of carbonyl (C=O) groups excluding carboxylic acids is 1. The minimum absolute atomic E-state index is 0.196. The van der Waals surface area contributed by atoms with Crippen LogP contribution in [0.1, 0.15) is 27.2 Å². The maximum absolute atomic E-state index is 12.2. The highest BCUT2D eigenvalue weighted by atomic mass is 32.2. The lowest BCUT2D eigenvalue weighted by Gasteiger charge is -2.19. The highest BCUT2D eigenvalue weighted by Crippen LogP contribution is 2.33. The topological polar surface area (TPSA) is 26.3 Å². The predicted octanol–water partition coefficient (Wildman–Crippen LogP) is 5.53. The van der Waals surface area contributed by atoms with Gasteiger partial charge >= 0.3 is 0 Å². The van der Waals surface area contributed by atoms with E-state index in [2.05, 4.69) is 0 Å². The molecule has 3 heteroatoms. The molecule has 2 nitrogen and oxygen atoms in total. The fraction of sp³-hybridized carbons (Fsp3) is 0.278. The second-order valence-electron chi connectivity index (χ2n) is 5.51. The van der Waals surface area contributed by atoms with Crippen LogP contribution in [0.4, 0.5) is 0 Å². The van der Waals surface area contributed by atoms with E-state index in [-0.39, 0.29) is 10.5 Å². The molecule has 0 spiro atoms. The number of hydrogen-bond donors (Lipinski definition) is 0. The quantitative estimate of drug-likeness (QED) is 0.679. The van der Waals surface area contributed by atoms with Crippen molar-refractivity contribution in [2.75, 3.05) is 0 Å². The molecule has 0 heterocycles. The molecule has 0 unspecified atom stereocenters. The van der Waals surface area contributed by atoms with E-state index in [0.29, 0.717) is 0 Å². The van der Waals surface area contributed by atoms with Gasteiger partial charge in [0.2, 0.25) is 0 Å². The van der Waals surface area contributed by atoms with Gasteiger partial charge in [-0.3, -0.25) is 4.79 Å². The summed E-state index contributed by atoms with van der Waals surface area (Å²) in [6.45, 7) is 6.00. The van der Waals surface area contributed by atoms with Crippen LogP contribution in [0.15, 0.2) is 59.5 Å². The summed E-state index contributed by atoms with van der Waals surface area (Å²) in [5.74, 6) is 1.58. The zero-order chi connectivity index (χ0) is 15.3. The molecule has 2 rings (SSSR count). The van der Waals surface area contributed by atoms with E-state index >= 15 is 0 Å². The van der Waals surface area contributed by atoms with Crippen LogP contribution in [0.25, 0.3) is 0 Å². The Morgan fingerprint density at radius 3 is 2.14 bits per heavy atom. The second-order valence-corrected chi connectivity index (χ2v) is 6.56. The maximum Gasteiger partial charge on any atom is 0.199 e. The van der Waals surface area contributed by atoms with Gasteiger partial charge in [-0.1, -0.05) is 50.7 Å². The van der Waals surface area contributed by atoms with Gasteiger partial charge in [0.15, 0.2) is 5.12 Å². The Morgan fingerprint density at radius 2 is 1.57 bits per heavy atom. The van der Waals surface area contributed by atoms with Crippen molar-refractivity contribution in [1.82, 2.24) is 0 Å². The zero-order valence-electron chi connectivity index (χ0n) is 12.6. The zero-order valence-corrected chi connectivity index (χ0v) is 13.4. The highest BCUT2D eigenvalue weighted by Gasteiger charge is 2.25. The van der Waals surface area contributed by atoms with Crippen molar-refractivity contribution in [3.8, 4) is 11.5 Å². The summed E-state index contributed by atoms with van der Waals surface area (Å²) in [4.78, 5) is 13.1. The van der Waals surface area contributed by atoms with Crippen molar-refractivity contribution in [1.29, 1.82) is 0 Å². The molecule has 0 amide bonds. The van der Waals surface area contributed by atoms with Gasteiger partial charge in [0.1, 0.15) is 11.5 Å². The van der Waals surface area contributed by atoms with Crippen molar-refractivity contribution < 1.29 is 9.53 Å². The van der Waals surface area contributed by atoms with Crippen molar-refractivity contribution in [2.45, 2.75) is 32.1 Å². The third-order valence-electron chi connectivity index (χ3n) is 3.45. The number of rotatable bonds is 5. The lowest BCUT2D eigenvalue weighted by Crippen LogP contribution is -2.19. The summed E-state index contributed by atoms with van der Waals surface area (Å²) >= 11 is 1.30.